The molecule has 6 rings (SSSR count). The molecular weight excluding hydrogens is 505 g/mol. The van der Waals surface area contributed by atoms with Crippen LogP contribution in [0.15, 0.2) is 84.1 Å². The quantitative estimate of drug-likeness (QED) is 0.302. The highest BCUT2D eigenvalue weighted by Gasteiger charge is 2.34. The molecule has 1 atom stereocenters. The van der Waals surface area contributed by atoms with Crippen LogP contribution in [0.3, 0.4) is 0 Å². The largest absolute Gasteiger partial charge is 0.492 e. The van der Waals surface area contributed by atoms with Gasteiger partial charge in [-0.15, -0.1) is 0 Å². The summed E-state index contributed by atoms with van der Waals surface area (Å²) >= 11 is 0. The number of benzene rings is 3. The fourth-order valence-electron chi connectivity index (χ4n) is 5.81. The zero-order valence-corrected chi connectivity index (χ0v) is 22.5. The lowest BCUT2D eigenvalue weighted by molar-refractivity contribution is 0.183. The van der Waals surface area contributed by atoms with Crippen LogP contribution in [0.1, 0.15) is 48.4 Å². The Morgan fingerprint density at radius 1 is 0.975 bits per heavy atom. The molecule has 0 saturated carbocycles. The van der Waals surface area contributed by atoms with Crippen LogP contribution >= 0.6 is 0 Å². The molecule has 0 bridgehead atoms. The Kier molecular flexibility index (Phi) is 7.51. The van der Waals surface area contributed by atoms with E-state index in [1.165, 1.54) is 49.5 Å². The highest BCUT2D eigenvalue weighted by atomic mass is 19.1. The number of carbonyl (C=O) groups excluding carboxylic acids is 1. The van der Waals surface area contributed by atoms with Gasteiger partial charge in [0.2, 0.25) is 0 Å². The average molecular weight is 540 g/mol. The number of para-hydroxylation sites is 1. The molecule has 4 aromatic rings. The molecule has 8 heteroatoms. The van der Waals surface area contributed by atoms with Crippen LogP contribution in [0.25, 0.3) is 10.9 Å². The van der Waals surface area contributed by atoms with Crippen molar-refractivity contribution in [1.82, 2.24) is 14.5 Å². The SMILES string of the molecule is NC(=O)N1N=C(c2ccc(F)cc2)CC1c1cn(Cc2ccc(OCCN3CCCCC3)cc2)c2ccccc12. The van der Waals surface area contributed by atoms with Gasteiger partial charge < -0.3 is 15.0 Å². The minimum Gasteiger partial charge on any atom is -0.492 e. The molecule has 1 aromatic heterocycles. The summed E-state index contributed by atoms with van der Waals surface area (Å²) in [4.78, 5) is 14.9. The number of ether oxygens (including phenoxy) is 1. The van der Waals surface area contributed by atoms with E-state index in [2.05, 4.69) is 45.0 Å². The van der Waals surface area contributed by atoms with E-state index < -0.39 is 6.03 Å². The number of rotatable bonds is 8. The van der Waals surface area contributed by atoms with E-state index in [-0.39, 0.29) is 11.9 Å². The van der Waals surface area contributed by atoms with E-state index in [4.69, 9.17) is 10.5 Å². The maximum Gasteiger partial charge on any atom is 0.335 e. The summed E-state index contributed by atoms with van der Waals surface area (Å²) in [5, 5.41) is 6.93. The number of nitrogens with zero attached hydrogens (tertiary/aromatic N) is 4. The van der Waals surface area contributed by atoms with Crippen molar-refractivity contribution in [2.24, 2.45) is 10.8 Å². The molecule has 3 heterocycles. The number of nitrogens with two attached hydrogens (primary N) is 1. The molecule has 1 saturated heterocycles. The van der Waals surface area contributed by atoms with Gasteiger partial charge in [-0.1, -0.05) is 48.9 Å². The van der Waals surface area contributed by atoms with Crippen molar-refractivity contribution in [1.29, 1.82) is 0 Å². The number of fused-ring (bicyclic) bond motifs is 1. The molecule has 1 fully saturated rings. The minimum absolute atomic E-state index is 0.314. The van der Waals surface area contributed by atoms with Crippen molar-refractivity contribution >= 4 is 22.6 Å². The third-order valence-electron chi connectivity index (χ3n) is 7.89. The number of urea groups is 1. The van der Waals surface area contributed by atoms with Gasteiger partial charge in [0, 0.05) is 42.2 Å². The predicted molar refractivity (Wildman–Crippen MR) is 155 cm³/mol. The lowest BCUT2D eigenvalue weighted by atomic mass is 9.98. The Morgan fingerprint density at radius 2 is 1.73 bits per heavy atom. The third kappa shape index (κ3) is 5.58. The van der Waals surface area contributed by atoms with E-state index in [0.717, 1.165) is 39.9 Å². The van der Waals surface area contributed by atoms with Crippen molar-refractivity contribution < 1.29 is 13.9 Å². The monoisotopic (exact) mass is 539 g/mol. The Balaban J connectivity index is 1.19. The highest BCUT2D eigenvalue weighted by Crippen LogP contribution is 2.37. The first-order chi connectivity index (χ1) is 19.5. The van der Waals surface area contributed by atoms with Gasteiger partial charge in [0.05, 0.1) is 11.8 Å². The topological polar surface area (TPSA) is 76.1 Å². The number of likely N-dealkylation sites (tertiary alicyclic amines) is 1. The summed E-state index contributed by atoms with van der Waals surface area (Å²) in [6.45, 7) is 4.68. The molecule has 40 heavy (non-hydrogen) atoms. The van der Waals surface area contributed by atoms with Crippen LogP contribution in [-0.4, -0.2) is 52.5 Å². The highest BCUT2D eigenvalue weighted by molar-refractivity contribution is 6.03. The molecule has 2 aliphatic rings. The molecule has 0 spiro atoms. The summed E-state index contributed by atoms with van der Waals surface area (Å²) in [6.07, 6.45) is 6.50. The number of halogens is 1. The van der Waals surface area contributed by atoms with Gasteiger partial charge in [-0.05, 0) is 67.4 Å². The van der Waals surface area contributed by atoms with Gasteiger partial charge in [0.1, 0.15) is 18.2 Å². The summed E-state index contributed by atoms with van der Waals surface area (Å²) in [5.74, 6) is 0.568. The number of piperidine rings is 1. The van der Waals surface area contributed by atoms with Crippen LogP contribution in [0.5, 0.6) is 5.75 Å². The summed E-state index contributed by atoms with van der Waals surface area (Å²) < 4.78 is 21.7. The van der Waals surface area contributed by atoms with E-state index in [1.807, 2.05) is 24.3 Å². The number of amides is 2. The van der Waals surface area contributed by atoms with Crippen LogP contribution < -0.4 is 10.5 Å². The van der Waals surface area contributed by atoms with Crippen molar-refractivity contribution in [3.63, 3.8) is 0 Å². The van der Waals surface area contributed by atoms with Gasteiger partial charge in [-0.25, -0.2) is 14.2 Å². The molecule has 0 aliphatic carbocycles. The first-order valence-electron chi connectivity index (χ1n) is 14.0. The Morgan fingerprint density at radius 3 is 2.48 bits per heavy atom. The number of hydrogen-bond acceptors (Lipinski definition) is 4. The fourth-order valence-corrected chi connectivity index (χ4v) is 5.81. The lowest BCUT2D eigenvalue weighted by Crippen LogP contribution is -2.33. The minimum atomic E-state index is -0.616. The van der Waals surface area contributed by atoms with Gasteiger partial charge in [-0.2, -0.15) is 5.10 Å². The van der Waals surface area contributed by atoms with Crippen molar-refractivity contribution in [2.75, 3.05) is 26.2 Å². The van der Waals surface area contributed by atoms with E-state index in [9.17, 15) is 9.18 Å². The second-order valence-electron chi connectivity index (χ2n) is 10.6. The summed E-state index contributed by atoms with van der Waals surface area (Å²) in [6, 6.07) is 21.6. The van der Waals surface area contributed by atoms with Crippen LogP contribution in [0, 0.1) is 5.82 Å². The Labute approximate surface area is 233 Å². The van der Waals surface area contributed by atoms with Crippen LogP contribution in [0.2, 0.25) is 0 Å². The molecule has 1 unspecified atom stereocenters. The summed E-state index contributed by atoms with van der Waals surface area (Å²) in [7, 11) is 0. The van der Waals surface area contributed by atoms with E-state index in [1.54, 1.807) is 12.1 Å². The molecule has 2 amide bonds. The molecule has 2 N–H and O–H groups in total. The number of primary amides is 1. The first-order valence-corrected chi connectivity index (χ1v) is 14.0. The molecule has 206 valence electrons. The summed E-state index contributed by atoms with van der Waals surface area (Å²) in [5.41, 5.74) is 10.4. The Hall–Kier alpha value is -4.17. The molecular formula is C32H34FN5O2. The normalized spacial score (nSPS) is 17.8. The van der Waals surface area contributed by atoms with Crippen LogP contribution in [-0.2, 0) is 6.54 Å². The van der Waals surface area contributed by atoms with Gasteiger partial charge in [0.15, 0.2) is 0 Å². The predicted octanol–water partition coefficient (Wildman–Crippen LogP) is 5.92. The van der Waals surface area contributed by atoms with Gasteiger partial charge in [0.25, 0.3) is 0 Å². The van der Waals surface area contributed by atoms with E-state index >= 15 is 0 Å². The van der Waals surface area contributed by atoms with Crippen LogP contribution in [0.4, 0.5) is 9.18 Å². The van der Waals surface area contributed by atoms with Gasteiger partial charge >= 0.3 is 6.03 Å². The van der Waals surface area contributed by atoms with Crippen molar-refractivity contribution in [2.45, 2.75) is 38.3 Å². The first kappa shape index (κ1) is 26.1. The molecule has 0 radical (unpaired) electrons. The van der Waals surface area contributed by atoms with E-state index in [0.29, 0.717) is 25.3 Å². The zero-order valence-electron chi connectivity index (χ0n) is 22.5. The fraction of sp³-hybridized carbons (Fsp3) is 0.312. The molecule has 2 aliphatic heterocycles. The lowest BCUT2D eigenvalue weighted by Gasteiger charge is -2.26. The second-order valence-corrected chi connectivity index (χ2v) is 10.6. The second kappa shape index (κ2) is 11.5. The Bertz CT molecular complexity index is 1510. The third-order valence-corrected chi connectivity index (χ3v) is 7.89. The van der Waals surface area contributed by atoms with Crippen molar-refractivity contribution in [3.05, 3.63) is 102 Å². The number of hydrogen-bond donors (Lipinski definition) is 1. The average Bonchev–Trinajstić information content (AvgIpc) is 3.58. The molecule has 7 nitrogen and oxygen atoms in total. The van der Waals surface area contributed by atoms with Gasteiger partial charge in [-0.3, -0.25) is 4.90 Å². The zero-order chi connectivity index (χ0) is 27.5. The number of hydrazone groups is 1. The number of carbonyl (C=O) groups is 1. The van der Waals surface area contributed by atoms with Crippen molar-refractivity contribution in [3.8, 4) is 5.75 Å². The standard InChI is InChI=1S/C32H34FN5O2/c33-25-12-10-24(11-13-25)29-20-31(38(35-29)32(34)39)28-22-37(30-7-3-2-6-27(28)30)21-23-8-14-26(15-9-23)40-19-18-36-16-4-1-5-17-36/h2-3,6-15,22,31H,1,4-5,16-21H2,(H2,34,39). The smallest absolute Gasteiger partial charge is 0.335 e. The number of aromatic nitrogens is 1. The molecule has 3 aromatic carbocycles. The maximum atomic E-state index is 13.5. The maximum absolute atomic E-state index is 13.5.